The fourth-order valence-electron chi connectivity index (χ4n) is 1.94. The lowest BCUT2D eigenvalue weighted by Gasteiger charge is -2.38. The lowest BCUT2D eigenvalue weighted by Crippen LogP contribution is -2.50. The number of halogens is 2. The molecule has 18 heavy (non-hydrogen) atoms. The number of carbonyl (C=O) groups is 1. The summed E-state index contributed by atoms with van der Waals surface area (Å²) < 4.78 is 31.9. The van der Waals surface area contributed by atoms with Crippen LogP contribution < -0.4 is 0 Å². The zero-order chi connectivity index (χ0) is 13.3. The third-order valence-electron chi connectivity index (χ3n) is 2.79. The van der Waals surface area contributed by atoms with Crippen molar-refractivity contribution in [3.05, 3.63) is 29.6 Å². The zero-order valence-electron chi connectivity index (χ0n) is 10.2. The van der Waals surface area contributed by atoms with Gasteiger partial charge in [-0.25, -0.2) is 9.37 Å². The normalized spacial score (nSPS) is 18.8. The van der Waals surface area contributed by atoms with Crippen LogP contribution in [0.4, 0.5) is 8.78 Å². The molecule has 0 N–H and O–H groups in total. The Labute approximate surface area is 104 Å². The molecule has 0 bridgehead atoms. The fraction of sp³-hybridized carbons (Fsp3) is 0.500. The van der Waals surface area contributed by atoms with Crippen LogP contribution in [0.25, 0.3) is 0 Å². The molecule has 0 unspecified atom stereocenters. The van der Waals surface area contributed by atoms with E-state index in [9.17, 15) is 13.6 Å². The number of hydrogen-bond acceptors (Lipinski definition) is 3. The van der Waals surface area contributed by atoms with Crippen LogP contribution in [-0.4, -0.2) is 41.1 Å². The third-order valence-corrected chi connectivity index (χ3v) is 2.79. The van der Waals surface area contributed by atoms with Crippen LogP contribution >= 0.6 is 0 Å². The first kappa shape index (κ1) is 12.9. The molecule has 1 amide bonds. The Bertz CT molecular complexity index is 477. The molecule has 6 heteroatoms. The number of nitrogens with zero attached hydrogens (tertiary/aromatic N) is 2. The molecule has 1 aliphatic heterocycles. The van der Waals surface area contributed by atoms with Crippen molar-refractivity contribution in [3.63, 3.8) is 0 Å². The van der Waals surface area contributed by atoms with Crippen molar-refractivity contribution in [1.29, 1.82) is 0 Å². The Balaban J connectivity index is 2.23. The maximum atomic E-state index is 13.5. The Morgan fingerprint density at radius 2 is 2.22 bits per heavy atom. The van der Waals surface area contributed by atoms with Gasteiger partial charge in [-0.1, -0.05) is 0 Å². The first-order chi connectivity index (χ1) is 8.41. The highest BCUT2D eigenvalue weighted by atomic mass is 19.2. The number of carbonyl (C=O) groups excluding carboxylic acids is 1. The van der Waals surface area contributed by atoms with E-state index in [1.165, 1.54) is 11.0 Å². The monoisotopic (exact) mass is 256 g/mol. The smallest absolute Gasteiger partial charge is 0.257 e. The molecule has 0 aliphatic carbocycles. The number of aromatic nitrogens is 1. The van der Waals surface area contributed by atoms with Crippen LogP contribution in [0, 0.1) is 11.8 Å². The Kier molecular flexibility index (Phi) is 3.30. The summed E-state index contributed by atoms with van der Waals surface area (Å²) in [6.07, 6.45) is 1.08. The number of pyridine rings is 1. The van der Waals surface area contributed by atoms with Gasteiger partial charge in [-0.3, -0.25) is 4.79 Å². The SMILES string of the molecule is CC1(C)CN(C(=O)c2ccnc(F)c2F)CCO1. The second-order valence-electron chi connectivity index (χ2n) is 4.80. The zero-order valence-corrected chi connectivity index (χ0v) is 10.2. The van der Waals surface area contributed by atoms with Crippen LogP contribution in [0.5, 0.6) is 0 Å². The summed E-state index contributed by atoms with van der Waals surface area (Å²) >= 11 is 0. The average molecular weight is 256 g/mol. The summed E-state index contributed by atoms with van der Waals surface area (Å²) in [5, 5.41) is 0. The van der Waals surface area contributed by atoms with Gasteiger partial charge in [0.1, 0.15) is 0 Å². The molecule has 0 atom stereocenters. The van der Waals surface area contributed by atoms with Crippen molar-refractivity contribution in [2.45, 2.75) is 19.4 Å². The summed E-state index contributed by atoms with van der Waals surface area (Å²) in [4.78, 5) is 16.7. The molecule has 0 radical (unpaired) electrons. The highest BCUT2D eigenvalue weighted by molar-refractivity contribution is 5.94. The largest absolute Gasteiger partial charge is 0.372 e. The molecule has 1 fully saturated rings. The van der Waals surface area contributed by atoms with E-state index in [0.29, 0.717) is 19.7 Å². The van der Waals surface area contributed by atoms with Crippen molar-refractivity contribution in [3.8, 4) is 0 Å². The van der Waals surface area contributed by atoms with E-state index in [4.69, 9.17) is 4.74 Å². The lowest BCUT2D eigenvalue weighted by atomic mass is 10.1. The lowest BCUT2D eigenvalue weighted by molar-refractivity contribution is -0.0764. The van der Waals surface area contributed by atoms with Crippen LogP contribution in [0.2, 0.25) is 0 Å². The second-order valence-corrected chi connectivity index (χ2v) is 4.80. The first-order valence-corrected chi connectivity index (χ1v) is 5.64. The van der Waals surface area contributed by atoms with Crippen molar-refractivity contribution in [2.24, 2.45) is 0 Å². The van der Waals surface area contributed by atoms with Crippen LogP contribution in [-0.2, 0) is 4.74 Å². The van der Waals surface area contributed by atoms with E-state index in [1.54, 1.807) is 0 Å². The molecular formula is C12H14F2N2O2. The molecule has 1 aromatic heterocycles. The van der Waals surface area contributed by atoms with Gasteiger partial charge in [0, 0.05) is 19.3 Å². The van der Waals surface area contributed by atoms with Gasteiger partial charge in [-0.05, 0) is 19.9 Å². The standard InChI is InChI=1S/C12H14F2N2O2/c1-12(2)7-16(5-6-18-12)11(17)8-3-4-15-10(14)9(8)13/h3-4H,5-7H2,1-2H3. The molecular weight excluding hydrogens is 242 g/mol. The van der Waals surface area contributed by atoms with Crippen LogP contribution in [0.15, 0.2) is 12.3 Å². The molecule has 0 saturated carbocycles. The Hall–Kier alpha value is -1.56. The number of amides is 1. The second kappa shape index (κ2) is 4.61. The molecule has 0 spiro atoms. The van der Waals surface area contributed by atoms with E-state index in [2.05, 4.69) is 4.98 Å². The summed E-state index contributed by atoms with van der Waals surface area (Å²) in [7, 11) is 0. The van der Waals surface area contributed by atoms with Crippen molar-refractivity contribution >= 4 is 5.91 Å². The summed E-state index contributed by atoms with van der Waals surface area (Å²) in [5.41, 5.74) is -0.768. The van der Waals surface area contributed by atoms with Gasteiger partial charge < -0.3 is 9.64 Å². The maximum absolute atomic E-state index is 13.5. The van der Waals surface area contributed by atoms with Gasteiger partial charge in [0.25, 0.3) is 5.91 Å². The minimum absolute atomic E-state index is 0.291. The molecule has 1 aromatic rings. The molecule has 4 nitrogen and oxygen atoms in total. The molecule has 98 valence electrons. The Morgan fingerprint density at radius 3 is 2.89 bits per heavy atom. The van der Waals surface area contributed by atoms with Gasteiger partial charge in [0.15, 0.2) is 5.82 Å². The van der Waals surface area contributed by atoms with E-state index in [0.717, 1.165) is 6.20 Å². The van der Waals surface area contributed by atoms with E-state index in [1.807, 2.05) is 13.8 Å². The van der Waals surface area contributed by atoms with Crippen molar-refractivity contribution < 1.29 is 18.3 Å². The highest BCUT2D eigenvalue weighted by Crippen LogP contribution is 2.19. The first-order valence-electron chi connectivity index (χ1n) is 5.64. The highest BCUT2D eigenvalue weighted by Gasteiger charge is 2.31. The van der Waals surface area contributed by atoms with Crippen molar-refractivity contribution in [1.82, 2.24) is 9.88 Å². The minimum atomic E-state index is -1.26. The predicted molar refractivity (Wildman–Crippen MR) is 60.1 cm³/mol. The predicted octanol–water partition coefficient (Wildman–Crippen LogP) is 1.61. The number of morpholine rings is 1. The van der Waals surface area contributed by atoms with Gasteiger partial charge in [-0.2, -0.15) is 4.39 Å². The molecule has 0 aromatic carbocycles. The van der Waals surface area contributed by atoms with Crippen LogP contribution in [0.1, 0.15) is 24.2 Å². The molecule has 1 aliphatic rings. The Morgan fingerprint density at radius 1 is 1.50 bits per heavy atom. The minimum Gasteiger partial charge on any atom is -0.372 e. The van der Waals surface area contributed by atoms with Crippen molar-refractivity contribution in [2.75, 3.05) is 19.7 Å². The van der Waals surface area contributed by atoms with Gasteiger partial charge in [0.2, 0.25) is 5.95 Å². The fourth-order valence-corrected chi connectivity index (χ4v) is 1.94. The summed E-state index contributed by atoms with van der Waals surface area (Å²) in [6.45, 7) is 4.78. The van der Waals surface area contributed by atoms with Gasteiger partial charge >= 0.3 is 0 Å². The topological polar surface area (TPSA) is 42.4 Å². The molecule has 1 saturated heterocycles. The number of rotatable bonds is 1. The molecule has 2 heterocycles. The van der Waals surface area contributed by atoms with E-state index in [-0.39, 0.29) is 5.56 Å². The van der Waals surface area contributed by atoms with Gasteiger partial charge in [0.05, 0.1) is 17.8 Å². The van der Waals surface area contributed by atoms with E-state index < -0.39 is 23.3 Å². The average Bonchev–Trinajstić information content (AvgIpc) is 2.30. The summed E-state index contributed by atoms with van der Waals surface area (Å²) in [5.74, 6) is -3.00. The van der Waals surface area contributed by atoms with Crippen LogP contribution in [0.3, 0.4) is 0 Å². The van der Waals surface area contributed by atoms with Gasteiger partial charge in [-0.15, -0.1) is 0 Å². The maximum Gasteiger partial charge on any atom is 0.257 e. The molecule has 2 rings (SSSR count). The van der Waals surface area contributed by atoms with E-state index >= 15 is 0 Å². The number of hydrogen-bond donors (Lipinski definition) is 0. The summed E-state index contributed by atoms with van der Waals surface area (Å²) in [6, 6.07) is 1.18. The number of ether oxygens (including phenoxy) is 1. The third kappa shape index (κ3) is 2.48. The quantitative estimate of drug-likeness (QED) is 0.717.